The normalized spacial score (nSPS) is 15.9. The Bertz CT molecular complexity index is 1220. The van der Waals surface area contributed by atoms with Gasteiger partial charge in [-0.1, -0.05) is 11.3 Å². The number of carboxylic acid groups (broad SMARTS) is 1. The molecule has 2 aromatic heterocycles. The lowest BCUT2D eigenvalue weighted by Crippen LogP contribution is -2.29. The van der Waals surface area contributed by atoms with Crippen LogP contribution in [0.5, 0.6) is 11.5 Å². The first-order valence-electron chi connectivity index (χ1n) is 10.1. The van der Waals surface area contributed by atoms with Crippen molar-refractivity contribution in [2.24, 2.45) is 0 Å². The largest absolute Gasteiger partial charge is 0.497 e. The number of hydrogen-bond acceptors (Lipinski definition) is 8. The number of anilines is 1. The molecule has 3 aromatic rings. The minimum atomic E-state index is -0.974. The van der Waals surface area contributed by atoms with Gasteiger partial charge >= 0.3 is 6.09 Å². The smallest absolute Gasteiger partial charge is 0.407 e. The van der Waals surface area contributed by atoms with E-state index < -0.39 is 6.09 Å². The highest BCUT2D eigenvalue weighted by atomic mass is 32.1. The molecule has 1 aliphatic rings. The minimum Gasteiger partial charge on any atom is -0.497 e. The van der Waals surface area contributed by atoms with Crippen LogP contribution in [-0.2, 0) is 6.54 Å². The van der Waals surface area contributed by atoms with Crippen LogP contribution >= 0.6 is 11.3 Å². The third kappa shape index (κ3) is 3.83. The van der Waals surface area contributed by atoms with Crippen molar-refractivity contribution in [2.45, 2.75) is 25.4 Å². The summed E-state index contributed by atoms with van der Waals surface area (Å²) in [7, 11) is 6.79. The second-order valence-electron chi connectivity index (χ2n) is 7.72. The number of carbonyl (C=O) groups is 1. The fraction of sp³-hybridized carbons (Fsp3) is 0.429. The summed E-state index contributed by atoms with van der Waals surface area (Å²) in [5, 5.41) is 10.1. The molecule has 10 nitrogen and oxygen atoms in total. The lowest BCUT2D eigenvalue weighted by atomic mass is 10.2. The first-order chi connectivity index (χ1) is 15.3. The predicted octanol–water partition coefficient (Wildman–Crippen LogP) is 2.80. The fourth-order valence-electron chi connectivity index (χ4n) is 3.94. The van der Waals surface area contributed by atoms with Crippen LogP contribution in [0.15, 0.2) is 23.0 Å². The van der Waals surface area contributed by atoms with Crippen LogP contribution in [0.1, 0.15) is 29.5 Å². The predicted molar refractivity (Wildman–Crippen MR) is 121 cm³/mol. The molecule has 1 atom stereocenters. The molecule has 170 valence electrons. The van der Waals surface area contributed by atoms with Crippen LogP contribution in [0.2, 0.25) is 0 Å². The number of benzene rings is 1. The topological polar surface area (TPSA) is 110 Å². The molecular weight excluding hydrogens is 434 g/mol. The van der Waals surface area contributed by atoms with Crippen molar-refractivity contribution >= 4 is 33.7 Å². The zero-order valence-corrected chi connectivity index (χ0v) is 19.2. The maximum Gasteiger partial charge on any atom is 0.407 e. The van der Waals surface area contributed by atoms with Crippen LogP contribution < -0.4 is 19.9 Å². The summed E-state index contributed by atoms with van der Waals surface area (Å²) in [6, 6.07) is 5.09. The van der Waals surface area contributed by atoms with Gasteiger partial charge in [-0.3, -0.25) is 14.3 Å². The highest BCUT2D eigenvalue weighted by Gasteiger charge is 2.33. The Kier molecular flexibility index (Phi) is 5.92. The number of amides is 1. The molecule has 0 bridgehead atoms. The van der Waals surface area contributed by atoms with Gasteiger partial charge in [-0.25, -0.2) is 14.8 Å². The van der Waals surface area contributed by atoms with Gasteiger partial charge in [-0.2, -0.15) is 0 Å². The fourth-order valence-corrected chi connectivity index (χ4v) is 5.02. The number of fused-ring (bicyclic) bond motifs is 1. The van der Waals surface area contributed by atoms with Crippen molar-refractivity contribution in [1.29, 1.82) is 0 Å². The molecule has 0 spiro atoms. The van der Waals surface area contributed by atoms with Crippen LogP contribution in [0, 0.1) is 0 Å². The number of methoxy groups -OCH3 is 2. The Balaban J connectivity index is 1.81. The number of rotatable bonds is 6. The zero-order valence-electron chi connectivity index (χ0n) is 18.4. The molecule has 1 aliphatic heterocycles. The summed E-state index contributed by atoms with van der Waals surface area (Å²) in [5.74, 6) is 1.74. The van der Waals surface area contributed by atoms with E-state index in [1.807, 2.05) is 26.2 Å². The summed E-state index contributed by atoms with van der Waals surface area (Å²) in [6.07, 6.45) is 0.479. The van der Waals surface area contributed by atoms with E-state index in [1.54, 1.807) is 29.8 Å². The van der Waals surface area contributed by atoms with Crippen LogP contribution in [-0.4, -0.2) is 65.5 Å². The van der Waals surface area contributed by atoms with Gasteiger partial charge in [-0.15, -0.1) is 0 Å². The number of hydrogen-bond donors (Lipinski definition) is 1. The zero-order chi connectivity index (χ0) is 23.0. The molecule has 1 N–H and O–H groups in total. The quantitative estimate of drug-likeness (QED) is 0.599. The summed E-state index contributed by atoms with van der Waals surface area (Å²) >= 11 is 1.28. The Morgan fingerprint density at radius 1 is 1.28 bits per heavy atom. The third-order valence-electron chi connectivity index (χ3n) is 5.52. The van der Waals surface area contributed by atoms with Gasteiger partial charge in [0.2, 0.25) is 5.95 Å². The van der Waals surface area contributed by atoms with Gasteiger partial charge in [0.05, 0.1) is 26.8 Å². The lowest BCUT2D eigenvalue weighted by molar-refractivity contribution is 0.140. The Morgan fingerprint density at radius 3 is 2.72 bits per heavy atom. The van der Waals surface area contributed by atoms with Gasteiger partial charge in [0.1, 0.15) is 16.5 Å². The Hall–Kier alpha value is -3.34. The molecule has 1 saturated heterocycles. The summed E-state index contributed by atoms with van der Waals surface area (Å²) in [4.78, 5) is 37.9. The molecule has 32 heavy (non-hydrogen) atoms. The van der Waals surface area contributed by atoms with Crippen LogP contribution in [0.25, 0.3) is 10.3 Å². The SMILES string of the molecule is COc1ccc(Cn2c(N(C)C)nc3sc([C@H]4CCCN4C(=O)O)nc3c2=O)c(OC)c1. The molecule has 4 rings (SSSR count). The van der Waals surface area contributed by atoms with Crippen LogP contribution in [0.3, 0.4) is 0 Å². The van der Waals surface area contributed by atoms with E-state index in [2.05, 4.69) is 4.98 Å². The molecule has 1 fully saturated rings. The van der Waals surface area contributed by atoms with E-state index in [0.717, 1.165) is 12.0 Å². The van der Waals surface area contributed by atoms with E-state index in [0.29, 0.717) is 40.3 Å². The lowest BCUT2D eigenvalue weighted by Gasteiger charge is -2.19. The van der Waals surface area contributed by atoms with Crippen LogP contribution in [0.4, 0.5) is 10.7 Å². The number of aromatic nitrogens is 3. The third-order valence-corrected chi connectivity index (χ3v) is 6.57. The van der Waals surface area contributed by atoms with Gasteiger partial charge < -0.3 is 19.5 Å². The number of ether oxygens (including phenoxy) is 2. The van der Waals surface area contributed by atoms with Crippen molar-refractivity contribution in [3.05, 3.63) is 39.1 Å². The second kappa shape index (κ2) is 8.65. The highest BCUT2D eigenvalue weighted by molar-refractivity contribution is 7.18. The van der Waals surface area contributed by atoms with Crippen molar-refractivity contribution in [3.63, 3.8) is 0 Å². The van der Waals surface area contributed by atoms with Gasteiger partial charge in [0, 0.05) is 32.3 Å². The molecular formula is C21H25N5O5S. The number of likely N-dealkylation sites (tertiary alicyclic amines) is 1. The highest BCUT2D eigenvalue weighted by Crippen LogP contribution is 2.36. The summed E-state index contributed by atoms with van der Waals surface area (Å²) in [6.45, 7) is 0.702. The van der Waals surface area contributed by atoms with Crippen molar-refractivity contribution < 1.29 is 19.4 Å². The van der Waals surface area contributed by atoms with E-state index in [9.17, 15) is 14.7 Å². The molecule has 0 saturated carbocycles. The molecule has 1 aromatic carbocycles. The standard InChI is InChI=1S/C21H25N5O5S/c1-24(2)20-23-18-16(22-17(32-18)14-6-5-9-25(14)21(28)29)19(27)26(20)11-12-7-8-13(30-3)10-15(12)31-4/h7-8,10,14H,5-6,9,11H2,1-4H3,(H,28,29)/t14-/m1/s1. The molecule has 0 unspecified atom stereocenters. The number of thiazole rings is 1. The maximum absolute atomic E-state index is 13.5. The maximum atomic E-state index is 13.5. The molecule has 0 radical (unpaired) electrons. The van der Waals surface area contributed by atoms with E-state index in [1.165, 1.54) is 16.2 Å². The van der Waals surface area contributed by atoms with E-state index in [-0.39, 0.29) is 23.7 Å². The molecule has 3 heterocycles. The molecule has 0 aliphatic carbocycles. The monoisotopic (exact) mass is 459 g/mol. The first-order valence-corrected chi connectivity index (χ1v) is 10.9. The average molecular weight is 460 g/mol. The Labute approximate surface area is 188 Å². The number of nitrogens with zero attached hydrogens (tertiary/aromatic N) is 5. The van der Waals surface area contributed by atoms with Gasteiger partial charge in [0.25, 0.3) is 5.56 Å². The van der Waals surface area contributed by atoms with E-state index in [4.69, 9.17) is 14.5 Å². The van der Waals surface area contributed by atoms with Gasteiger partial charge in [-0.05, 0) is 25.0 Å². The van der Waals surface area contributed by atoms with Crippen molar-refractivity contribution in [3.8, 4) is 11.5 Å². The van der Waals surface area contributed by atoms with Gasteiger partial charge in [0.15, 0.2) is 10.3 Å². The minimum absolute atomic E-state index is 0.236. The summed E-state index contributed by atoms with van der Waals surface area (Å²) in [5.41, 5.74) is 0.766. The molecule has 11 heteroatoms. The van der Waals surface area contributed by atoms with Crippen molar-refractivity contribution in [1.82, 2.24) is 19.4 Å². The average Bonchev–Trinajstić information content (AvgIpc) is 3.42. The van der Waals surface area contributed by atoms with Crippen molar-refractivity contribution in [2.75, 3.05) is 39.8 Å². The van der Waals surface area contributed by atoms with E-state index >= 15 is 0 Å². The summed E-state index contributed by atoms with van der Waals surface area (Å²) < 4.78 is 12.3. The Morgan fingerprint density at radius 2 is 2.06 bits per heavy atom. The first kappa shape index (κ1) is 21.9. The molecule has 1 amide bonds. The second-order valence-corrected chi connectivity index (χ2v) is 8.72.